The van der Waals surface area contributed by atoms with Crippen molar-refractivity contribution >= 4 is 11.4 Å². The highest BCUT2D eigenvalue weighted by atomic mass is 16.5. The molecule has 0 saturated heterocycles. The van der Waals surface area contributed by atoms with Crippen LogP contribution in [0, 0.1) is 13.8 Å². The minimum absolute atomic E-state index is 0.790. The fourth-order valence-corrected chi connectivity index (χ4v) is 1.72. The summed E-state index contributed by atoms with van der Waals surface area (Å²) in [4.78, 5) is 0. The number of rotatable bonds is 3. The van der Waals surface area contributed by atoms with E-state index >= 15 is 0 Å². The zero-order valence-electron chi connectivity index (χ0n) is 10.2. The average Bonchev–Trinajstić information content (AvgIpc) is 2.67. The lowest BCUT2D eigenvalue weighted by atomic mass is 10.1. The molecule has 1 aromatic carbocycles. The first-order chi connectivity index (χ1) is 8.18. The number of para-hydroxylation sites is 1. The van der Waals surface area contributed by atoms with Crippen LogP contribution in [0.25, 0.3) is 0 Å². The van der Waals surface area contributed by atoms with Crippen molar-refractivity contribution in [3.05, 3.63) is 47.3 Å². The van der Waals surface area contributed by atoms with E-state index in [0.717, 1.165) is 28.4 Å². The Kier molecular flexibility index (Phi) is 3.23. The van der Waals surface area contributed by atoms with E-state index in [1.807, 2.05) is 51.1 Å². The monoisotopic (exact) mass is 229 g/mol. The van der Waals surface area contributed by atoms with Gasteiger partial charge in [0, 0.05) is 0 Å². The van der Waals surface area contributed by atoms with E-state index in [4.69, 9.17) is 4.52 Å². The van der Waals surface area contributed by atoms with Gasteiger partial charge in [-0.1, -0.05) is 23.4 Å². The van der Waals surface area contributed by atoms with Crippen LogP contribution in [0.1, 0.15) is 23.9 Å². The standard InChI is InChI=1S/C13H15N3O/c1-9(13-10(2)16-17-11(13)3)14-15-12-7-5-4-6-8-12/h4-8,15H,1-3H3. The molecule has 0 aliphatic rings. The lowest BCUT2D eigenvalue weighted by Crippen LogP contribution is -2.01. The number of anilines is 1. The molecule has 4 nitrogen and oxygen atoms in total. The topological polar surface area (TPSA) is 50.4 Å². The van der Waals surface area contributed by atoms with Crippen molar-refractivity contribution in [2.45, 2.75) is 20.8 Å². The molecule has 1 N–H and O–H groups in total. The Labute approximate surface area is 100 Å². The molecule has 0 amide bonds. The highest BCUT2D eigenvalue weighted by Crippen LogP contribution is 2.14. The van der Waals surface area contributed by atoms with Gasteiger partial charge in [-0.15, -0.1) is 0 Å². The van der Waals surface area contributed by atoms with Crippen LogP contribution in [0.5, 0.6) is 0 Å². The molecule has 0 atom stereocenters. The van der Waals surface area contributed by atoms with Gasteiger partial charge < -0.3 is 4.52 Å². The molecule has 2 aromatic rings. The predicted molar refractivity (Wildman–Crippen MR) is 68.3 cm³/mol. The van der Waals surface area contributed by atoms with Gasteiger partial charge in [0.1, 0.15) is 5.76 Å². The van der Waals surface area contributed by atoms with Gasteiger partial charge in [0.15, 0.2) is 0 Å². The second-order valence-electron chi connectivity index (χ2n) is 3.87. The van der Waals surface area contributed by atoms with E-state index in [1.165, 1.54) is 0 Å². The molecule has 4 heteroatoms. The highest BCUT2D eigenvalue weighted by molar-refractivity contribution is 6.00. The summed E-state index contributed by atoms with van der Waals surface area (Å²) in [5, 5.41) is 8.23. The van der Waals surface area contributed by atoms with Crippen LogP contribution in [0.3, 0.4) is 0 Å². The molecule has 0 fully saturated rings. The van der Waals surface area contributed by atoms with Crippen molar-refractivity contribution in [2.75, 3.05) is 5.43 Å². The maximum absolute atomic E-state index is 5.11. The molecular formula is C13H15N3O. The van der Waals surface area contributed by atoms with Gasteiger partial charge in [-0.3, -0.25) is 5.43 Å². The number of hydrogen-bond acceptors (Lipinski definition) is 4. The third-order valence-electron chi connectivity index (χ3n) is 2.52. The van der Waals surface area contributed by atoms with E-state index in [-0.39, 0.29) is 0 Å². The van der Waals surface area contributed by atoms with Crippen LogP contribution < -0.4 is 5.43 Å². The van der Waals surface area contributed by atoms with Crippen LogP contribution >= 0.6 is 0 Å². The number of hydrazone groups is 1. The predicted octanol–water partition coefficient (Wildman–Crippen LogP) is 3.13. The second-order valence-corrected chi connectivity index (χ2v) is 3.87. The highest BCUT2D eigenvalue weighted by Gasteiger charge is 2.11. The van der Waals surface area contributed by atoms with E-state index in [1.54, 1.807) is 0 Å². The number of hydrogen-bond donors (Lipinski definition) is 1. The second kappa shape index (κ2) is 4.82. The summed E-state index contributed by atoms with van der Waals surface area (Å²) in [5.74, 6) is 0.790. The third-order valence-corrected chi connectivity index (χ3v) is 2.52. The molecule has 0 aliphatic heterocycles. The summed E-state index contributed by atoms with van der Waals surface area (Å²) in [5.41, 5.74) is 6.65. The molecule has 1 heterocycles. The minimum Gasteiger partial charge on any atom is -0.361 e. The van der Waals surface area contributed by atoms with Gasteiger partial charge in [0.25, 0.3) is 0 Å². The van der Waals surface area contributed by atoms with E-state index in [2.05, 4.69) is 15.7 Å². The van der Waals surface area contributed by atoms with Gasteiger partial charge in [-0.05, 0) is 32.9 Å². The summed E-state index contributed by atoms with van der Waals surface area (Å²) < 4.78 is 5.11. The maximum atomic E-state index is 5.11. The van der Waals surface area contributed by atoms with Crippen LogP contribution in [-0.4, -0.2) is 10.9 Å². The maximum Gasteiger partial charge on any atom is 0.143 e. The molecule has 0 radical (unpaired) electrons. The Balaban J connectivity index is 2.18. The lowest BCUT2D eigenvalue weighted by molar-refractivity contribution is 0.393. The molecular weight excluding hydrogens is 214 g/mol. The minimum atomic E-state index is 0.790. The summed E-state index contributed by atoms with van der Waals surface area (Å²) in [6, 6.07) is 9.82. The molecule has 0 bridgehead atoms. The van der Waals surface area contributed by atoms with Crippen LogP contribution in [0.15, 0.2) is 40.0 Å². The number of nitrogens with zero attached hydrogens (tertiary/aromatic N) is 2. The van der Waals surface area contributed by atoms with Crippen molar-refractivity contribution in [1.82, 2.24) is 5.16 Å². The van der Waals surface area contributed by atoms with Gasteiger partial charge in [-0.25, -0.2) is 0 Å². The van der Waals surface area contributed by atoms with Crippen LogP contribution in [-0.2, 0) is 0 Å². The zero-order valence-corrected chi connectivity index (χ0v) is 10.2. The largest absolute Gasteiger partial charge is 0.361 e. The number of aryl methyl sites for hydroxylation is 2. The number of aromatic nitrogens is 1. The molecule has 17 heavy (non-hydrogen) atoms. The molecule has 1 aromatic heterocycles. The molecule has 88 valence electrons. The summed E-state index contributed by atoms with van der Waals surface area (Å²) in [6.07, 6.45) is 0. The Bertz CT molecular complexity index is 509. The van der Waals surface area contributed by atoms with E-state index in [0.29, 0.717) is 0 Å². The summed E-state index contributed by atoms with van der Waals surface area (Å²) >= 11 is 0. The van der Waals surface area contributed by atoms with Gasteiger partial charge >= 0.3 is 0 Å². The van der Waals surface area contributed by atoms with Gasteiger partial charge in [0.05, 0.1) is 22.7 Å². The zero-order chi connectivity index (χ0) is 12.3. The fraction of sp³-hybridized carbons (Fsp3) is 0.231. The SMILES string of the molecule is CC(=NNc1ccccc1)c1c(C)noc1C. The van der Waals surface area contributed by atoms with Crippen molar-refractivity contribution in [3.8, 4) is 0 Å². The Morgan fingerprint density at radius 2 is 1.94 bits per heavy atom. The Morgan fingerprint density at radius 1 is 1.24 bits per heavy atom. The molecule has 0 aliphatic carbocycles. The summed E-state index contributed by atoms with van der Waals surface area (Å²) in [7, 11) is 0. The van der Waals surface area contributed by atoms with E-state index < -0.39 is 0 Å². The Morgan fingerprint density at radius 3 is 2.53 bits per heavy atom. The first-order valence-electron chi connectivity index (χ1n) is 5.47. The number of benzene rings is 1. The molecule has 2 rings (SSSR count). The van der Waals surface area contributed by atoms with Gasteiger partial charge in [0.2, 0.25) is 0 Å². The summed E-state index contributed by atoms with van der Waals surface area (Å²) in [6.45, 7) is 5.73. The lowest BCUT2D eigenvalue weighted by Gasteiger charge is -2.02. The van der Waals surface area contributed by atoms with Crippen LogP contribution in [0.4, 0.5) is 5.69 Å². The van der Waals surface area contributed by atoms with Crippen molar-refractivity contribution in [1.29, 1.82) is 0 Å². The first kappa shape index (κ1) is 11.4. The van der Waals surface area contributed by atoms with Crippen molar-refractivity contribution in [3.63, 3.8) is 0 Å². The van der Waals surface area contributed by atoms with Crippen molar-refractivity contribution in [2.24, 2.45) is 5.10 Å². The average molecular weight is 229 g/mol. The van der Waals surface area contributed by atoms with E-state index in [9.17, 15) is 0 Å². The third kappa shape index (κ3) is 2.53. The molecule has 0 saturated carbocycles. The smallest absolute Gasteiger partial charge is 0.143 e. The van der Waals surface area contributed by atoms with Crippen LogP contribution in [0.2, 0.25) is 0 Å². The fourth-order valence-electron chi connectivity index (χ4n) is 1.72. The first-order valence-corrected chi connectivity index (χ1v) is 5.47. The number of nitrogens with one attached hydrogen (secondary N) is 1. The Hall–Kier alpha value is -2.10. The molecule has 0 spiro atoms. The quantitative estimate of drug-likeness (QED) is 0.649. The van der Waals surface area contributed by atoms with Crippen molar-refractivity contribution < 1.29 is 4.52 Å². The normalized spacial score (nSPS) is 11.6. The van der Waals surface area contributed by atoms with Gasteiger partial charge in [-0.2, -0.15) is 5.10 Å². The molecule has 0 unspecified atom stereocenters.